The number of nitro groups is 1. The molecule has 0 radical (unpaired) electrons. The third kappa shape index (κ3) is 4.98. The molecular formula is C15H13N5O4. The average Bonchev–Trinajstić information content (AvgIpc) is 2.60. The lowest BCUT2D eigenvalue weighted by molar-refractivity contribution is -0.384. The Labute approximate surface area is 136 Å². The predicted octanol–water partition coefficient (Wildman–Crippen LogP) is 0.870. The summed E-state index contributed by atoms with van der Waals surface area (Å²) in [5.41, 5.74) is 2.80. The van der Waals surface area contributed by atoms with Gasteiger partial charge in [0.1, 0.15) is 5.69 Å². The van der Waals surface area contributed by atoms with Crippen LogP contribution in [0.15, 0.2) is 53.8 Å². The van der Waals surface area contributed by atoms with Gasteiger partial charge in [-0.15, -0.1) is 0 Å². The molecule has 0 aliphatic rings. The zero-order valence-corrected chi connectivity index (χ0v) is 12.4. The van der Waals surface area contributed by atoms with Crippen molar-refractivity contribution in [3.63, 3.8) is 0 Å². The number of nitro benzene ring substituents is 1. The number of carbonyl (C=O) groups excluding carboxylic acids is 2. The maximum absolute atomic E-state index is 11.7. The standard InChI is InChI=1S/C15H13N5O4/c21-14(10-17-15(22)13-6-1-2-7-16-13)19-18-9-11-4-3-5-12(8-11)20(23)24/h1-9H,10H2,(H,17,22)(H,19,21)/b18-9+. The lowest BCUT2D eigenvalue weighted by Crippen LogP contribution is -2.35. The Kier molecular flexibility index (Phi) is 5.67. The Morgan fingerprint density at radius 2 is 2.08 bits per heavy atom. The number of hydrazone groups is 1. The normalized spacial score (nSPS) is 10.3. The lowest BCUT2D eigenvalue weighted by Gasteiger charge is -2.03. The summed E-state index contributed by atoms with van der Waals surface area (Å²) in [4.78, 5) is 37.2. The number of carbonyl (C=O) groups is 2. The van der Waals surface area contributed by atoms with E-state index in [9.17, 15) is 19.7 Å². The van der Waals surface area contributed by atoms with Gasteiger partial charge in [-0.25, -0.2) is 5.43 Å². The molecular weight excluding hydrogens is 314 g/mol. The molecule has 2 rings (SSSR count). The van der Waals surface area contributed by atoms with Crippen LogP contribution in [0, 0.1) is 10.1 Å². The molecule has 24 heavy (non-hydrogen) atoms. The smallest absolute Gasteiger partial charge is 0.270 e. The summed E-state index contributed by atoms with van der Waals surface area (Å²) < 4.78 is 0. The van der Waals surface area contributed by atoms with Gasteiger partial charge >= 0.3 is 0 Å². The van der Waals surface area contributed by atoms with Gasteiger partial charge in [-0.2, -0.15) is 5.10 Å². The Morgan fingerprint density at radius 1 is 1.25 bits per heavy atom. The molecule has 2 amide bonds. The minimum Gasteiger partial charge on any atom is -0.342 e. The Hall–Kier alpha value is -3.62. The lowest BCUT2D eigenvalue weighted by atomic mass is 10.2. The summed E-state index contributed by atoms with van der Waals surface area (Å²) in [7, 11) is 0. The number of hydrogen-bond acceptors (Lipinski definition) is 6. The van der Waals surface area contributed by atoms with Crippen LogP contribution >= 0.6 is 0 Å². The van der Waals surface area contributed by atoms with E-state index in [0.29, 0.717) is 5.56 Å². The third-order valence-corrected chi connectivity index (χ3v) is 2.79. The van der Waals surface area contributed by atoms with Gasteiger partial charge in [0.2, 0.25) is 0 Å². The third-order valence-electron chi connectivity index (χ3n) is 2.79. The fourth-order valence-electron chi connectivity index (χ4n) is 1.69. The van der Waals surface area contributed by atoms with Crippen LogP contribution in [0.1, 0.15) is 16.1 Å². The molecule has 0 spiro atoms. The number of nitrogens with one attached hydrogen (secondary N) is 2. The molecule has 0 aliphatic carbocycles. The summed E-state index contributed by atoms with van der Waals surface area (Å²) in [6, 6.07) is 10.6. The topological polar surface area (TPSA) is 127 Å². The fourth-order valence-corrected chi connectivity index (χ4v) is 1.69. The van der Waals surface area contributed by atoms with Gasteiger partial charge in [0.05, 0.1) is 17.7 Å². The maximum atomic E-state index is 11.7. The van der Waals surface area contributed by atoms with Crippen molar-refractivity contribution in [1.82, 2.24) is 15.7 Å². The van der Waals surface area contributed by atoms with Crippen LogP contribution < -0.4 is 10.7 Å². The van der Waals surface area contributed by atoms with Crippen LogP contribution in [0.4, 0.5) is 5.69 Å². The summed E-state index contributed by atoms with van der Waals surface area (Å²) in [5.74, 6) is -1.02. The van der Waals surface area contributed by atoms with Crippen LogP contribution in [0.25, 0.3) is 0 Å². The van der Waals surface area contributed by atoms with Crippen molar-refractivity contribution in [3.05, 3.63) is 70.0 Å². The molecule has 0 aliphatic heterocycles. The highest BCUT2D eigenvalue weighted by atomic mass is 16.6. The molecule has 9 nitrogen and oxygen atoms in total. The summed E-state index contributed by atoms with van der Waals surface area (Å²) >= 11 is 0. The Balaban J connectivity index is 1.82. The van der Waals surface area contributed by atoms with Crippen LogP contribution in [0.2, 0.25) is 0 Å². The van der Waals surface area contributed by atoms with Gasteiger partial charge in [0, 0.05) is 23.9 Å². The van der Waals surface area contributed by atoms with Crippen LogP contribution in [-0.4, -0.2) is 34.5 Å². The summed E-state index contributed by atoms with van der Waals surface area (Å²) in [5, 5.41) is 16.7. The maximum Gasteiger partial charge on any atom is 0.270 e. The second-order valence-electron chi connectivity index (χ2n) is 4.54. The number of non-ortho nitro benzene ring substituents is 1. The number of amides is 2. The average molecular weight is 327 g/mol. The van der Waals surface area contributed by atoms with Crippen molar-refractivity contribution in [2.75, 3.05) is 6.54 Å². The molecule has 1 heterocycles. The molecule has 9 heteroatoms. The molecule has 0 fully saturated rings. The highest BCUT2D eigenvalue weighted by molar-refractivity contribution is 5.94. The van der Waals surface area contributed by atoms with Crippen molar-refractivity contribution in [2.24, 2.45) is 5.10 Å². The van der Waals surface area contributed by atoms with E-state index in [-0.39, 0.29) is 17.9 Å². The van der Waals surface area contributed by atoms with Gasteiger partial charge in [-0.3, -0.25) is 24.7 Å². The van der Waals surface area contributed by atoms with Crippen LogP contribution in [0.5, 0.6) is 0 Å². The van der Waals surface area contributed by atoms with Gasteiger partial charge in [-0.1, -0.05) is 18.2 Å². The van der Waals surface area contributed by atoms with Gasteiger partial charge in [0.25, 0.3) is 17.5 Å². The molecule has 1 aromatic carbocycles. The number of aromatic nitrogens is 1. The molecule has 2 aromatic rings. The van der Waals surface area contributed by atoms with Gasteiger partial charge in [-0.05, 0) is 12.1 Å². The molecule has 0 saturated heterocycles. The second kappa shape index (κ2) is 8.13. The number of pyridine rings is 1. The van der Waals surface area contributed by atoms with E-state index in [1.807, 2.05) is 0 Å². The summed E-state index contributed by atoms with van der Waals surface area (Å²) in [6.45, 7) is -0.276. The van der Waals surface area contributed by atoms with E-state index in [4.69, 9.17) is 0 Å². The van der Waals surface area contributed by atoms with Crippen molar-refractivity contribution in [2.45, 2.75) is 0 Å². The SMILES string of the molecule is O=C(CNC(=O)c1ccccn1)N/N=C/c1cccc([N+](=O)[O-])c1. The van der Waals surface area contributed by atoms with Crippen molar-refractivity contribution in [1.29, 1.82) is 0 Å². The van der Waals surface area contributed by atoms with E-state index in [2.05, 4.69) is 20.8 Å². The van der Waals surface area contributed by atoms with Crippen molar-refractivity contribution in [3.8, 4) is 0 Å². The molecule has 122 valence electrons. The zero-order valence-electron chi connectivity index (χ0n) is 12.4. The van der Waals surface area contributed by atoms with Crippen LogP contribution in [-0.2, 0) is 4.79 Å². The largest absolute Gasteiger partial charge is 0.342 e. The Bertz CT molecular complexity index is 776. The number of rotatable bonds is 6. The zero-order chi connectivity index (χ0) is 17.4. The van der Waals surface area contributed by atoms with Gasteiger partial charge in [0.15, 0.2) is 0 Å². The molecule has 2 N–H and O–H groups in total. The van der Waals surface area contributed by atoms with E-state index >= 15 is 0 Å². The van der Waals surface area contributed by atoms with Crippen molar-refractivity contribution >= 4 is 23.7 Å². The quantitative estimate of drug-likeness (QED) is 0.462. The minimum absolute atomic E-state index is 0.0760. The fraction of sp³-hybridized carbons (Fsp3) is 0.0667. The molecule has 0 unspecified atom stereocenters. The number of hydrogen-bond donors (Lipinski definition) is 2. The first-order valence-corrected chi connectivity index (χ1v) is 6.82. The molecule has 1 aromatic heterocycles. The molecule has 0 atom stereocenters. The monoisotopic (exact) mass is 327 g/mol. The summed E-state index contributed by atoms with van der Waals surface area (Å²) in [6.07, 6.45) is 2.74. The van der Waals surface area contributed by atoms with E-state index < -0.39 is 16.7 Å². The van der Waals surface area contributed by atoms with E-state index in [0.717, 1.165) is 0 Å². The van der Waals surface area contributed by atoms with E-state index in [1.54, 1.807) is 18.2 Å². The van der Waals surface area contributed by atoms with Crippen LogP contribution in [0.3, 0.4) is 0 Å². The molecule has 0 bridgehead atoms. The van der Waals surface area contributed by atoms with Crippen molar-refractivity contribution < 1.29 is 14.5 Å². The first-order chi connectivity index (χ1) is 11.6. The minimum atomic E-state index is -0.541. The first-order valence-electron chi connectivity index (χ1n) is 6.82. The second-order valence-corrected chi connectivity index (χ2v) is 4.54. The molecule has 0 saturated carbocycles. The highest BCUT2D eigenvalue weighted by Gasteiger charge is 2.08. The van der Waals surface area contributed by atoms with Gasteiger partial charge < -0.3 is 5.32 Å². The van der Waals surface area contributed by atoms with E-state index in [1.165, 1.54) is 36.7 Å². The predicted molar refractivity (Wildman–Crippen MR) is 85.4 cm³/mol. The number of benzene rings is 1. The number of nitrogens with zero attached hydrogens (tertiary/aromatic N) is 3. The highest BCUT2D eigenvalue weighted by Crippen LogP contribution is 2.11. The Morgan fingerprint density at radius 3 is 2.79 bits per heavy atom. The first kappa shape index (κ1) is 16.7.